The Labute approximate surface area is 112 Å². The molecule has 1 fully saturated rings. The highest BCUT2D eigenvalue weighted by atomic mass is 16.3. The van der Waals surface area contributed by atoms with Crippen LogP contribution < -0.4 is 5.73 Å². The van der Waals surface area contributed by atoms with Crippen LogP contribution in [0.5, 0.6) is 11.5 Å². The predicted octanol–water partition coefficient (Wildman–Crippen LogP) is 1.30. The lowest BCUT2D eigenvalue weighted by molar-refractivity contribution is 0.0680. The van der Waals surface area contributed by atoms with Gasteiger partial charge in [0.05, 0.1) is 0 Å². The minimum Gasteiger partial charge on any atom is -0.508 e. The Hall–Kier alpha value is -1.75. The highest BCUT2D eigenvalue weighted by molar-refractivity contribution is 5.95. The molecule has 0 aliphatic carbocycles. The Morgan fingerprint density at radius 3 is 2.26 bits per heavy atom. The van der Waals surface area contributed by atoms with Crippen molar-refractivity contribution >= 4 is 5.91 Å². The number of carbonyl (C=O) groups excluding carboxylic acids is 1. The van der Waals surface area contributed by atoms with Crippen LogP contribution in [-0.2, 0) is 0 Å². The highest BCUT2D eigenvalue weighted by Crippen LogP contribution is 2.24. The molecule has 0 bridgehead atoms. The van der Waals surface area contributed by atoms with E-state index in [-0.39, 0.29) is 23.4 Å². The molecular weight excluding hydrogens is 244 g/mol. The topological polar surface area (TPSA) is 86.8 Å². The predicted molar refractivity (Wildman–Crippen MR) is 72.0 cm³/mol. The van der Waals surface area contributed by atoms with Crippen LogP contribution >= 0.6 is 0 Å². The van der Waals surface area contributed by atoms with E-state index in [9.17, 15) is 15.0 Å². The third-order valence-electron chi connectivity index (χ3n) is 3.72. The van der Waals surface area contributed by atoms with Crippen LogP contribution in [0.15, 0.2) is 18.2 Å². The number of nitrogens with two attached hydrogens (primary N) is 1. The second kappa shape index (κ2) is 5.48. The van der Waals surface area contributed by atoms with E-state index in [1.165, 1.54) is 18.2 Å². The standard InChI is InChI=1S/C14H20N2O3/c1-9(15)10-2-4-16(5-3-10)14(19)11-6-12(17)8-13(18)7-11/h6-10,17-18H,2-5,15H2,1H3. The number of benzene rings is 1. The van der Waals surface area contributed by atoms with Crippen molar-refractivity contribution in [3.63, 3.8) is 0 Å². The Morgan fingerprint density at radius 2 is 1.79 bits per heavy atom. The van der Waals surface area contributed by atoms with Crippen molar-refractivity contribution in [3.05, 3.63) is 23.8 Å². The van der Waals surface area contributed by atoms with Crippen molar-refractivity contribution in [1.82, 2.24) is 4.90 Å². The van der Waals surface area contributed by atoms with Gasteiger partial charge >= 0.3 is 0 Å². The molecule has 2 rings (SSSR count). The summed E-state index contributed by atoms with van der Waals surface area (Å²) in [6.07, 6.45) is 1.79. The summed E-state index contributed by atoms with van der Waals surface area (Å²) in [6.45, 7) is 3.33. The Kier molecular flexibility index (Phi) is 3.95. The number of phenolic OH excluding ortho intramolecular Hbond substituents is 2. The van der Waals surface area contributed by atoms with E-state index in [4.69, 9.17) is 5.73 Å². The molecule has 1 unspecified atom stereocenters. The Bertz CT molecular complexity index is 446. The largest absolute Gasteiger partial charge is 0.508 e. The van der Waals surface area contributed by atoms with Crippen LogP contribution in [0, 0.1) is 5.92 Å². The van der Waals surface area contributed by atoms with Crippen LogP contribution in [0.3, 0.4) is 0 Å². The number of aromatic hydroxyl groups is 2. The molecule has 0 saturated carbocycles. The van der Waals surface area contributed by atoms with E-state index in [0.29, 0.717) is 24.6 Å². The maximum atomic E-state index is 12.3. The third-order valence-corrected chi connectivity index (χ3v) is 3.72. The second-order valence-corrected chi connectivity index (χ2v) is 5.23. The van der Waals surface area contributed by atoms with Gasteiger partial charge in [0.15, 0.2) is 0 Å². The Balaban J connectivity index is 2.05. The zero-order chi connectivity index (χ0) is 14.0. The summed E-state index contributed by atoms with van der Waals surface area (Å²) >= 11 is 0. The number of hydrogen-bond acceptors (Lipinski definition) is 4. The Morgan fingerprint density at radius 1 is 1.26 bits per heavy atom. The molecule has 1 aliphatic heterocycles. The molecule has 0 spiro atoms. The monoisotopic (exact) mass is 264 g/mol. The van der Waals surface area contributed by atoms with E-state index in [1.807, 2.05) is 6.92 Å². The molecule has 1 amide bonds. The quantitative estimate of drug-likeness (QED) is 0.751. The van der Waals surface area contributed by atoms with Crippen molar-refractivity contribution < 1.29 is 15.0 Å². The summed E-state index contributed by atoms with van der Waals surface area (Å²) in [6, 6.07) is 4.11. The molecular formula is C14H20N2O3. The van der Waals surface area contributed by atoms with Gasteiger partial charge in [0, 0.05) is 30.8 Å². The van der Waals surface area contributed by atoms with Gasteiger partial charge in [0.1, 0.15) is 11.5 Å². The smallest absolute Gasteiger partial charge is 0.254 e. The van der Waals surface area contributed by atoms with Gasteiger partial charge in [-0.3, -0.25) is 4.79 Å². The number of likely N-dealkylation sites (tertiary alicyclic amines) is 1. The summed E-state index contributed by atoms with van der Waals surface area (Å²) in [7, 11) is 0. The van der Waals surface area contributed by atoms with Gasteiger partial charge in [-0.1, -0.05) is 0 Å². The zero-order valence-electron chi connectivity index (χ0n) is 11.0. The molecule has 1 heterocycles. The SMILES string of the molecule is CC(N)C1CCN(C(=O)c2cc(O)cc(O)c2)CC1. The number of rotatable bonds is 2. The summed E-state index contributed by atoms with van der Waals surface area (Å²) in [4.78, 5) is 14.0. The first-order valence-corrected chi connectivity index (χ1v) is 6.55. The first kappa shape index (κ1) is 13.7. The molecule has 0 radical (unpaired) electrons. The van der Waals surface area contributed by atoms with Crippen LogP contribution in [0.1, 0.15) is 30.1 Å². The lowest BCUT2D eigenvalue weighted by atomic mass is 9.90. The molecule has 1 atom stereocenters. The number of carbonyl (C=O) groups is 1. The van der Waals surface area contributed by atoms with Crippen LogP contribution in [0.2, 0.25) is 0 Å². The van der Waals surface area contributed by atoms with E-state index in [1.54, 1.807) is 4.90 Å². The normalized spacial score (nSPS) is 18.3. The van der Waals surface area contributed by atoms with E-state index >= 15 is 0 Å². The molecule has 1 aromatic rings. The summed E-state index contributed by atoms with van der Waals surface area (Å²) in [5.41, 5.74) is 6.19. The molecule has 1 aromatic carbocycles. The molecule has 104 valence electrons. The minimum atomic E-state index is -0.158. The van der Waals surface area contributed by atoms with Gasteiger partial charge in [-0.05, 0) is 37.8 Å². The number of phenols is 2. The second-order valence-electron chi connectivity index (χ2n) is 5.23. The van der Waals surface area contributed by atoms with Gasteiger partial charge < -0.3 is 20.8 Å². The lowest BCUT2D eigenvalue weighted by Gasteiger charge is -2.33. The van der Waals surface area contributed by atoms with Gasteiger partial charge in [-0.25, -0.2) is 0 Å². The fourth-order valence-electron chi connectivity index (χ4n) is 2.53. The third kappa shape index (κ3) is 3.17. The molecule has 1 aliphatic rings. The average Bonchev–Trinajstić information content (AvgIpc) is 2.37. The first-order chi connectivity index (χ1) is 8.97. The fourth-order valence-corrected chi connectivity index (χ4v) is 2.53. The van der Waals surface area contributed by atoms with Crippen LogP contribution in [0.4, 0.5) is 0 Å². The van der Waals surface area contributed by atoms with Crippen molar-refractivity contribution in [2.75, 3.05) is 13.1 Å². The van der Waals surface area contributed by atoms with Crippen LogP contribution in [0.25, 0.3) is 0 Å². The fraction of sp³-hybridized carbons (Fsp3) is 0.500. The zero-order valence-corrected chi connectivity index (χ0v) is 11.0. The molecule has 0 aromatic heterocycles. The van der Waals surface area contributed by atoms with Crippen molar-refractivity contribution in [3.8, 4) is 11.5 Å². The summed E-state index contributed by atoms with van der Waals surface area (Å²) < 4.78 is 0. The van der Waals surface area contributed by atoms with Crippen molar-refractivity contribution in [2.24, 2.45) is 11.7 Å². The maximum absolute atomic E-state index is 12.3. The summed E-state index contributed by atoms with van der Waals surface area (Å²) in [5.74, 6) is 0.0959. The molecule has 19 heavy (non-hydrogen) atoms. The number of amides is 1. The number of hydrogen-bond donors (Lipinski definition) is 3. The first-order valence-electron chi connectivity index (χ1n) is 6.55. The van der Waals surface area contributed by atoms with Crippen LogP contribution in [-0.4, -0.2) is 40.2 Å². The van der Waals surface area contributed by atoms with Gasteiger partial charge in [-0.2, -0.15) is 0 Å². The van der Waals surface area contributed by atoms with E-state index in [2.05, 4.69) is 0 Å². The lowest BCUT2D eigenvalue weighted by Crippen LogP contribution is -2.42. The van der Waals surface area contributed by atoms with Crippen molar-refractivity contribution in [1.29, 1.82) is 0 Å². The molecule has 1 saturated heterocycles. The van der Waals surface area contributed by atoms with Gasteiger partial charge in [0.25, 0.3) is 5.91 Å². The van der Waals surface area contributed by atoms with Gasteiger partial charge in [-0.15, -0.1) is 0 Å². The minimum absolute atomic E-state index is 0.103. The summed E-state index contributed by atoms with van der Waals surface area (Å²) in [5, 5.41) is 18.8. The molecule has 5 heteroatoms. The maximum Gasteiger partial charge on any atom is 0.254 e. The average molecular weight is 264 g/mol. The van der Waals surface area contributed by atoms with Gasteiger partial charge in [0.2, 0.25) is 0 Å². The van der Waals surface area contributed by atoms with E-state index in [0.717, 1.165) is 12.8 Å². The highest BCUT2D eigenvalue weighted by Gasteiger charge is 2.25. The molecule has 4 N–H and O–H groups in total. The van der Waals surface area contributed by atoms with Crippen molar-refractivity contribution in [2.45, 2.75) is 25.8 Å². The van der Waals surface area contributed by atoms with E-state index < -0.39 is 0 Å². The number of nitrogens with zero attached hydrogens (tertiary/aromatic N) is 1. The molecule has 5 nitrogen and oxygen atoms in total. The number of piperidine rings is 1.